The third-order valence-electron chi connectivity index (χ3n) is 3.31. The minimum absolute atomic E-state index is 0.102. The Morgan fingerprint density at radius 3 is 2.52 bits per heavy atom. The minimum Gasteiger partial charge on any atom is -0.481 e. The van der Waals surface area contributed by atoms with Crippen LogP contribution in [0.2, 0.25) is 0 Å². The molecule has 0 amide bonds. The highest BCUT2D eigenvalue weighted by molar-refractivity contribution is 9.10. The number of carbonyl (C=O) groups is 1. The molecule has 9 heteroatoms. The van der Waals surface area contributed by atoms with Crippen LogP contribution in [0.15, 0.2) is 22.7 Å². The lowest BCUT2D eigenvalue weighted by molar-refractivity contribution is -0.142. The van der Waals surface area contributed by atoms with Crippen molar-refractivity contribution in [1.29, 1.82) is 0 Å². The summed E-state index contributed by atoms with van der Waals surface area (Å²) < 4.78 is 41.8. The Hall–Kier alpha value is -1.19. The number of piperidine rings is 1. The number of hydrogen-bond donors (Lipinski definition) is 2. The lowest BCUT2D eigenvalue weighted by Gasteiger charge is -2.29. The van der Waals surface area contributed by atoms with Gasteiger partial charge in [-0.15, -0.1) is 0 Å². The highest BCUT2D eigenvalue weighted by Crippen LogP contribution is 2.24. The molecule has 1 heterocycles. The number of aliphatic carboxylic acids is 1. The fourth-order valence-electron chi connectivity index (χ4n) is 2.12. The van der Waals surface area contributed by atoms with Gasteiger partial charge in [-0.25, -0.2) is 4.39 Å². The molecule has 1 aliphatic rings. The first-order valence-electron chi connectivity index (χ1n) is 6.25. The molecule has 0 atom stereocenters. The van der Waals surface area contributed by atoms with Crippen molar-refractivity contribution in [3.8, 4) is 0 Å². The minimum atomic E-state index is -3.89. The third-order valence-corrected chi connectivity index (χ3v) is 5.33. The number of anilines is 1. The van der Waals surface area contributed by atoms with E-state index in [0.29, 0.717) is 4.47 Å². The van der Waals surface area contributed by atoms with Crippen LogP contribution in [-0.4, -0.2) is 36.9 Å². The Labute approximate surface area is 130 Å². The van der Waals surface area contributed by atoms with Gasteiger partial charge in [0, 0.05) is 17.6 Å². The van der Waals surface area contributed by atoms with Gasteiger partial charge in [0.25, 0.3) is 0 Å². The van der Waals surface area contributed by atoms with Gasteiger partial charge in [0.2, 0.25) is 0 Å². The van der Waals surface area contributed by atoms with E-state index in [0.717, 1.165) is 10.4 Å². The first-order chi connectivity index (χ1) is 9.79. The van der Waals surface area contributed by atoms with E-state index >= 15 is 0 Å². The zero-order valence-corrected chi connectivity index (χ0v) is 13.3. The Balaban J connectivity index is 2.07. The van der Waals surface area contributed by atoms with Gasteiger partial charge in [0.1, 0.15) is 5.82 Å². The number of carboxylic acids is 1. The highest BCUT2D eigenvalue weighted by atomic mass is 79.9. The summed E-state index contributed by atoms with van der Waals surface area (Å²) in [5, 5.41) is 8.89. The predicted octanol–water partition coefficient (Wildman–Crippen LogP) is 2.04. The van der Waals surface area contributed by atoms with Crippen LogP contribution in [0.4, 0.5) is 10.1 Å². The van der Waals surface area contributed by atoms with Gasteiger partial charge >= 0.3 is 16.2 Å². The van der Waals surface area contributed by atoms with E-state index < -0.39 is 27.9 Å². The molecule has 0 saturated carbocycles. The smallest absolute Gasteiger partial charge is 0.306 e. The van der Waals surface area contributed by atoms with Crippen molar-refractivity contribution in [2.24, 2.45) is 5.92 Å². The van der Waals surface area contributed by atoms with E-state index in [1.165, 1.54) is 12.1 Å². The zero-order chi connectivity index (χ0) is 15.6. The van der Waals surface area contributed by atoms with Gasteiger partial charge in [-0.1, -0.05) is 15.9 Å². The largest absolute Gasteiger partial charge is 0.481 e. The van der Waals surface area contributed by atoms with Crippen LogP contribution in [0.1, 0.15) is 12.8 Å². The number of nitrogens with zero attached hydrogens (tertiary/aromatic N) is 1. The molecule has 116 valence electrons. The molecule has 0 aliphatic carbocycles. The highest BCUT2D eigenvalue weighted by Gasteiger charge is 2.31. The number of nitrogens with one attached hydrogen (secondary N) is 1. The van der Waals surface area contributed by atoms with E-state index in [2.05, 4.69) is 20.7 Å². The SMILES string of the molecule is O=C(O)C1CCN(S(=O)(=O)Nc2ccc(Br)cc2F)CC1. The second-order valence-corrected chi connectivity index (χ2v) is 7.33. The molecule has 1 fully saturated rings. The van der Waals surface area contributed by atoms with E-state index in [9.17, 15) is 17.6 Å². The molecule has 0 spiro atoms. The van der Waals surface area contributed by atoms with Crippen molar-refractivity contribution in [2.75, 3.05) is 17.8 Å². The summed E-state index contributed by atoms with van der Waals surface area (Å²) in [6, 6.07) is 4.01. The molecule has 2 N–H and O–H groups in total. The van der Waals surface area contributed by atoms with Gasteiger partial charge in [-0.2, -0.15) is 12.7 Å². The lowest BCUT2D eigenvalue weighted by atomic mass is 9.99. The van der Waals surface area contributed by atoms with Crippen molar-refractivity contribution in [3.63, 3.8) is 0 Å². The van der Waals surface area contributed by atoms with Crippen molar-refractivity contribution in [2.45, 2.75) is 12.8 Å². The Bertz CT molecular complexity index is 645. The normalized spacial score (nSPS) is 17.6. The number of hydrogen-bond acceptors (Lipinski definition) is 3. The standard InChI is InChI=1S/C12H14BrFN2O4S/c13-9-1-2-11(10(14)7-9)15-21(19,20)16-5-3-8(4-6-16)12(17)18/h1-2,7-8,15H,3-6H2,(H,17,18). The number of carboxylic acid groups (broad SMARTS) is 1. The summed E-state index contributed by atoms with van der Waals surface area (Å²) in [6.45, 7) is 0.203. The molecule has 21 heavy (non-hydrogen) atoms. The van der Waals surface area contributed by atoms with Crippen molar-refractivity contribution in [1.82, 2.24) is 4.31 Å². The van der Waals surface area contributed by atoms with Crippen LogP contribution >= 0.6 is 15.9 Å². The fraction of sp³-hybridized carbons (Fsp3) is 0.417. The summed E-state index contributed by atoms with van der Waals surface area (Å²) in [5.74, 6) is -2.13. The maximum absolute atomic E-state index is 13.7. The molecule has 1 aromatic rings. The zero-order valence-electron chi connectivity index (χ0n) is 10.9. The Morgan fingerprint density at radius 2 is 2.00 bits per heavy atom. The summed E-state index contributed by atoms with van der Waals surface area (Å²) in [7, 11) is -3.89. The van der Waals surface area contributed by atoms with Crippen molar-refractivity contribution in [3.05, 3.63) is 28.5 Å². The predicted molar refractivity (Wildman–Crippen MR) is 78.6 cm³/mol. The van der Waals surface area contributed by atoms with E-state index in [1.54, 1.807) is 0 Å². The maximum Gasteiger partial charge on any atom is 0.306 e. The van der Waals surface area contributed by atoms with E-state index in [1.807, 2.05) is 0 Å². The average Bonchev–Trinajstić information content (AvgIpc) is 2.42. The van der Waals surface area contributed by atoms with Crippen LogP contribution in [-0.2, 0) is 15.0 Å². The molecular formula is C12H14BrFN2O4S. The first-order valence-corrected chi connectivity index (χ1v) is 8.48. The van der Waals surface area contributed by atoms with E-state index in [-0.39, 0.29) is 31.6 Å². The molecule has 2 rings (SSSR count). The molecule has 0 unspecified atom stereocenters. The summed E-state index contributed by atoms with van der Waals surface area (Å²) in [4.78, 5) is 10.8. The van der Waals surface area contributed by atoms with E-state index in [4.69, 9.17) is 5.11 Å². The van der Waals surface area contributed by atoms with Crippen LogP contribution in [0.25, 0.3) is 0 Å². The lowest BCUT2D eigenvalue weighted by Crippen LogP contribution is -2.43. The van der Waals surface area contributed by atoms with Crippen LogP contribution in [0.3, 0.4) is 0 Å². The molecule has 6 nitrogen and oxygen atoms in total. The van der Waals surface area contributed by atoms with Gasteiger partial charge < -0.3 is 5.11 Å². The molecule has 1 aliphatic heterocycles. The number of rotatable bonds is 4. The molecule has 0 aromatic heterocycles. The Kier molecular flexibility index (Phi) is 4.84. The second-order valence-electron chi connectivity index (χ2n) is 4.74. The fourth-order valence-corrected chi connectivity index (χ4v) is 3.72. The second kappa shape index (κ2) is 6.29. The summed E-state index contributed by atoms with van der Waals surface area (Å²) in [6.07, 6.45) is 0.498. The van der Waals surface area contributed by atoms with Gasteiger partial charge in [-0.3, -0.25) is 9.52 Å². The van der Waals surface area contributed by atoms with Crippen molar-refractivity contribution >= 4 is 37.8 Å². The number of benzene rings is 1. The van der Waals surface area contributed by atoms with Gasteiger partial charge in [0.15, 0.2) is 0 Å². The molecule has 1 saturated heterocycles. The summed E-state index contributed by atoms with van der Waals surface area (Å²) >= 11 is 3.09. The molecule has 0 bridgehead atoms. The van der Waals surface area contributed by atoms with Crippen molar-refractivity contribution < 1.29 is 22.7 Å². The molecule has 1 aromatic carbocycles. The van der Waals surface area contributed by atoms with Gasteiger partial charge in [0.05, 0.1) is 11.6 Å². The topological polar surface area (TPSA) is 86.7 Å². The maximum atomic E-state index is 13.7. The molecular weight excluding hydrogens is 367 g/mol. The Morgan fingerprint density at radius 1 is 1.38 bits per heavy atom. The van der Waals surface area contributed by atoms with Crippen LogP contribution in [0.5, 0.6) is 0 Å². The average molecular weight is 381 g/mol. The first kappa shape index (κ1) is 16.2. The quantitative estimate of drug-likeness (QED) is 0.836. The molecule has 0 radical (unpaired) electrons. The third kappa shape index (κ3) is 3.92. The monoisotopic (exact) mass is 380 g/mol. The van der Waals surface area contributed by atoms with Crippen LogP contribution < -0.4 is 4.72 Å². The summed E-state index contributed by atoms with van der Waals surface area (Å²) in [5.41, 5.74) is -0.140. The number of halogens is 2. The van der Waals surface area contributed by atoms with Crippen LogP contribution in [0, 0.1) is 11.7 Å². The van der Waals surface area contributed by atoms with Gasteiger partial charge in [-0.05, 0) is 31.0 Å².